The van der Waals surface area contributed by atoms with Crippen molar-refractivity contribution in [2.24, 2.45) is 7.05 Å². The molecule has 2 aromatic rings. The standard InChI is InChI=1S/C14H21N5/c1-3-7-17-14(12-9-15-11-16-10-12)5-4-13-6-8-18-19(13)2/h6,8-11,14,17H,3-5,7H2,1-2H3. The van der Waals surface area contributed by atoms with Gasteiger partial charge in [0.2, 0.25) is 0 Å². The highest BCUT2D eigenvalue weighted by Crippen LogP contribution is 2.17. The molecule has 2 rings (SSSR count). The molecule has 5 heteroatoms. The van der Waals surface area contributed by atoms with Crippen molar-refractivity contribution < 1.29 is 0 Å². The summed E-state index contributed by atoms with van der Waals surface area (Å²) < 4.78 is 1.93. The van der Waals surface area contributed by atoms with Crippen LogP contribution in [0, 0.1) is 0 Å². The maximum atomic E-state index is 4.20. The highest BCUT2D eigenvalue weighted by Gasteiger charge is 2.12. The predicted molar refractivity (Wildman–Crippen MR) is 74.6 cm³/mol. The van der Waals surface area contributed by atoms with Crippen LogP contribution in [0.4, 0.5) is 0 Å². The first-order valence-corrected chi connectivity index (χ1v) is 6.76. The van der Waals surface area contributed by atoms with Crippen molar-refractivity contribution >= 4 is 0 Å². The Morgan fingerprint density at radius 2 is 2.11 bits per heavy atom. The van der Waals surface area contributed by atoms with Gasteiger partial charge in [-0.15, -0.1) is 0 Å². The van der Waals surface area contributed by atoms with E-state index in [0.717, 1.165) is 31.4 Å². The molecule has 1 unspecified atom stereocenters. The number of aromatic nitrogens is 4. The summed E-state index contributed by atoms with van der Waals surface area (Å²) in [5.74, 6) is 0. The smallest absolute Gasteiger partial charge is 0.115 e. The van der Waals surface area contributed by atoms with Crippen LogP contribution in [0.15, 0.2) is 31.0 Å². The van der Waals surface area contributed by atoms with Gasteiger partial charge >= 0.3 is 0 Å². The Bertz CT molecular complexity index is 480. The normalized spacial score (nSPS) is 12.5. The molecule has 0 amide bonds. The molecule has 102 valence electrons. The van der Waals surface area contributed by atoms with E-state index in [2.05, 4.69) is 33.4 Å². The summed E-state index contributed by atoms with van der Waals surface area (Å²) in [6.07, 6.45) is 10.3. The number of rotatable bonds is 7. The molecular weight excluding hydrogens is 238 g/mol. The van der Waals surface area contributed by atoms with Gasteiger partial charge in [-0.3, -0.25) is 4.68 Å². The van der Waals surface area contributed by atoms with E-state index < -0.39 is 0 Å². The molecule has 0 fully saturated rings. The highest BCUT2D eigenvalue weighted by atomic mass is 15.2. The van der Waals surface area contributed by atoms with Crippen LogP contribution >= 0.6 is 0 Å². The van der Waals surface area contributed by atoms with Crippen LogP contribution in [0.5, 0.6) is 0 Å². The lowest BCUT2D eigenvalue weighted by Crippen LogP contribution is -2.23. The third-order valence-electron chi connectivity index (χ3n) is 3.24. The van der Waals surface area contributed by atoms with Gasteiger partial charge in [-0.1, -0.05) is 6.92 Å². The molecule has 19 heavy (non-hydrogen) atoms. The van der Waals surface area contributed by atoms with E-state index in [-0.39, 0.29) is 0 Å². The SMILES string of the molecule is CCCNC(CCc1ccnn1C)c1cncnc1. The Balaban J connectivity index is 2.00. The number of aryl methyl sites for hydroxylation is 2. The molecule has 0 bridgehead atoms. The molecule has 2 heterocycles. The van der Waals surface area contributed by atoms with Crippen LogP contribution in [-0.2, 0) is 13.5 Å². The fourth-order valence-corrected chi connectivity index (χ4v) is 2.13. The Hall–Kier alpha value is -1.75. The molecule has 0 saturated carbocycles. The first kappa shape index (κ1) is 13.7. The van der Waals surface area contributed by atoms with E-state index in [9.17, 15) is 0 Å². The maximum absolute atomic E-state index is 4.20. The Morgan fingerprint density at radius 3 is 2.74 bits per heavy atom. The van der Waals surface area contributed by atoms with E-state index >= 15 is 0 Å². The van der Waals surface area contributed by atoms with Crippen LogP contribution < -0.4 is 5.32 Å². The summed E-state index contributed by atoms with van der Waals surface area (Å²) in [6, 6.07) is 2.37. The largest absolute Gasteiger partial charge is 0.310 e. The molecule has 2 aromatic heterocycles. The van der Waals surface area contributed by atoms with Crippen LogP contribution in [0.25, 0.3) is 0 Å². The summed E-state index contributed by atoms with van der Waals surface area (Å²) in [5, 5.41) is 7.76. The van der Waals surface area contributed by atoms with Crippen LogP contribution in [0.3, 0.4) is 0 Å². The third-order valence-corrected chi connectivity index (χ3v) is 3.24. The number of nitrogens with one attached hydrogen (secondary N) is 1. The first-order chi connectivity index (χ1) is 9.31. The number of hydrogen-bond acceptors (Lipinski definition) is 4. The quantitative estimate of drug-likeness (QED) is 0.825. The number of nitrogens with zero attached hydrogens (tertiary/aromatic N) is 4. The molecule has 0 aliphatic carbocycles. The van der Waals surface area contributed by atoms with Gasteiger partial charge in [0.1, 0.15) is 6.33 Å². The third kappa shape index (κ3) is 3.86. The Kier molecular flexibility index (Phi) is 5.03. The van der Waals surface area contributed by atoms with E-state index in [1.54, 1.807) is 6.33 Å². The first-order valence-electron chi connectivity index (χ1n) is 6.76. The van der Waals surface area contributed by atoms with Gasteiger partial charge in [0.25, 0.3) is 0 Å². The van der Waals surface area contributed by atoms with E-state index in [1.165, 1.54) is 5.69 Å². The van der Waals surface area contributed by atoms with E-state index in [1.807, 2.05) is 30.3 Å². The van der Waals surface area contributed by atoms with Crippen molar-refractivity contribution in [2.45, 2.75) is 32.2 Å². The molecule has 0 radical (unpaired) electrons. The van der Waals surface area contributed by atoms with Crippen molar-refractivity contribution in [1.82, 2.24) is 25.1 Å². The lowest BCUT2D eigenvalue weighted by molar-refractivity contribution is 0.489. The maximum Gasteiger partial charge on any atom is 0.115 e. The minimum Gasteiger partial charge on any atom is -0.310 e. The fourth-order valence-electron chi connectivity index (χ4n) is 2.13. The molecular formula is C14H21N5. The molecule has 0 spiro atoms. The topological polar surface area (TPSA) is 55.6 Å². The second-order valence-corrected chi connectivity index (χ2v) is 4.66. The minimum absolute atomic E-state index is 0.302. The monoisotopic (exact) mass is 259 g/mol. The second-order valence-electron chi connectivity index (χ2n) is 4.66. The predicted octanol–water partition coefficient (Wildman–Crippen LogP) is 1.88. The van der Waals surface area contributed by atoms with E-state index in [4.69, 9.17) is 0 Å². The van der Waals surface area contributed by atoms with Crippen molar-refractivity contribution in [3.8, 4) is 0 Å². The van der Waals surface area contributed by atoms with Crippen LogP contribution in [0.2, 0.25) is 0 Å². The summed E-state index contributed by atoms with van der Waals surface area (Å²) >= 11 is 0. The van der Waals surface area contributed by atoms with Gasteiger partial charge in [-0.25, -0.2) is 9.97 Å². The lowest BCUT2D eigenvalue weighted by Gasteiger charge is -2.18. The fraction of sp³-hybridized carbons (Fsp3) is 0.500. The van der Waals surface area contributed by atoms with Gasteiger partial charge < -0.3 is 5.32 Å². The van der Waals surface area contributed by atoms with Gasteiger partial charge in [0.15, 0.2) is 0 Å². The van der Waals surface area contributed by atoms with E-state index in [0.29, 0.717) is 6.04 Å². The second kappa shape index (κ2) is 6.99. The van der Waals surface area contributed by atoms with Crippen LogP contribution in [0.1, 0.15) is 37.1 Å². The summed E-state index contributed by atoms with van der Waals surface area (Å²) in [7, 11) is 1.98. The zero-order chi connectivity index (χ0) is 13.5. The molecule has 1 atom stereocenters. The van der Waals surface area contributed by atoms with Crippen molar-refractivity contribution in [3.05, 3.63) is 42.2 Å². The molecule has 0 aliphatic rings. The Morgan fingerprint density at radius 1 is 1.32 bits per heavy atom. The van der Waals surface area contributed by atoms with Gasteiger partial charge in [-0.05, 0) is 31.9 Å². The number of hydrogen-bond donors (Lipinski definition) is 1. The van der Waals surface area contributed by atoms with Crippen molar-refractivity contribution in [2.75, 3.05) is 6.54 Å². The summed E-state index contributed by atoms with van der Waals surface area (Å²) in [5.41, 5.74) is 2.40. The summed E-state index contributed by atoms with van der Waals surface area (Å²) in [4.78, 5) is 8.22. The lowest BCUT2D eigenvalue weighted by atomic mass is 10.0. The zero-order valence-corrected chi connectivity index (χ0v) is 11.6. The highest BCUT2D eigenvalue weighted by molar-refractivity contribution is 5.10. The Labute approximate surface area is 114 Å². The van der Waals surface area contributed by atoms with Gasteiger partial charge in [0.05, 0.1) is 0 Å². The zero-order valence-electron chi connectivity index (χ0n) is 11.6. The average molecular weight is 259 g/mol. The van der Waals surface area contributed by atoms with Crippen LogP contribution in [-0.4, -0.2) is 26.3 Å². The molecule has 0 aliphatic heterocycles. The van der Waals surface area contributed by atoms with Crippen molar-refractivity contribution in [3.63, 3.8) is 0 Å². The van der Waals surface area contributed by atoms with Gasteiger partial charge in [-0.2, -0.15) is 5.10 Å². The molecule has 0 saturated heterocycles. The summed E-state index contributed by atoms with van der Waals surface area (Å²) in [6.45, 7) is 3.18. The molecule has 5 nitrogen and oxygen atoms in total. The molecule has 0 aromatic carbocycles. The van der Waals surface area contributed by atoms with Gasteiger partial charge in [0, 0.05) is 42.9 Å². The molecule has 1 N–H and O–H groups in total. The minimum atomic E-state index is 0.302. The van der Waals surface area contributed by atoms with Crippen molar-refractivity contribution in [1.29, 1.82) is 0 Å². The average Bonchev–Trinajstić information content (AvgIpc) is 2.85.